The van der Waals surface area contributed by atoms with E-state index in [1.54, 1.807) is 0 Å². The summed E-state index contributed by atoms with van der Waals surface area (Å²) in [5.41, 5.74) is 0. The lowest BCUT2D eigenvalue weighted by Gasteiger charge is -2.18. The molecule has 0 radical (unpaired) electrons. The van der Waals surface area contributed by atoms with Crippen LogP contribution < -0.4 is 0 Å². The molecular formula is C74H120O6. The topological polar surface area (TPSA) is 78.9 Å². The summed E-state index contributed by atoms with van der Waals surface area (Å²) in [4.78, 5) is 38.1. The molecule has 1 unspecified atom stereocenters. The molecule has 452 valence electrons. The third kappa shape index (κ3) is 64.1. The summed E-state index contributed by atoms with van der Waals surface area (Å²) in [6.07, 6.45) is 96.0. The molecular weight excluding hydrogens is 985 g/mol. The molecule has 6 heteroatoms. The van der Waals surface area contributed by atoms with E-state index in [2.05, 4.69) is 167 Å². The molecule has 0 aliphatic carbocycles. The van der Waals surface area contributed by atoms with Crippen molar-refractivity contribution in [3.05, 3.63) is 146 Å². The molecule has 0 spiro atoms. The van der Waals surface area contributed by atoms with Crippen molar-refractivity contribution in [2.24, 2.45) is 0 Å². The summed E-state index contributed by atoms with van der Waals surface area (Å²) in [6.45, 7) is 6.35. The van der Waals surface area contributed by atoms with E-state index in [4.69, 9.17) is 14.2 Å². The van der Waals surface area contributed by atoms with Gasteiger partial charge in [0.05, 0.1) is 0 Å². The van der Waals surface area contributed by atoms with Gasteiger partial charge in [0.1, 0.15) is 13.2 Å². The molecule has 0 amide bonds. The first kappa shape index (κ1) is 75.3. The van der Waals surface area contributed by atoms with Crippen LogP contribution >= 0.6 is 0 Å². The molecule has 0 saturated carbocycles. The van der Waals surface area contributed by atoms with Crippen LogP contribution in [0.2, 0.25) is 0 Å². The number of esters is 3. The summed E-state index contributed by atoms with van der Waals surface area (Å²) in [7, 11) is 0. The highest BCUT2D eigenvalue weighted by atomic mass is 16.6. The van der Waals surface area contributed by atoms with Gasteiger partial charge in [0, 0.05) is 19.3 Å². The van der Waals surface area contributed by atoms with Crippen molar-refractivity contribution in [2.75, 3.05) is 13.2 Å². The standard InChI is InChI=1S/C74H120O6/c1-4-7-10-13-16-19-21-23-25-27-29-31-32-33-34-35-36-37-38-39-40-41-42-44-45-47-49-51-53-55-58-61-64-67-73(76)79-70-71(69-78-72(75)66-63-60-57-18-15-12-9-6-3)80-74(77)68-65-62-59-56-54-52-50-48-46-43-30-28-26-24-22-20-17-14-11-8-5-2/h7-8,10-11,16-17,19-20,23-26,29-31,33-34,36-37,43,48,50,54,56,71H,4-6,9,12-15,18,21-22,27-28,32,35,38-42,44-47,49,51-53,55,57-70H2,1-3H3/b10-7-,11-8-,19-16-,20-17-,25-23-,26-24-,31-29-,34-33-,37-36-,43-30-,50-48-,56-54-. The summed E-state index contributed by atoms with van der Waals surface area (Å²) in [5, 5.41) is 0. The predicted octanol–water partition coefficient (Wildman–Crippen LogP) is 22.7. The molecule has 0 aromatic carbocycles. The fourth-order valence-electron chi connectivity index (χ4n) is 8.74. The van der Waals surface area contributed by atoms with E-state index >= 15 is 0 Å². The zero-order valence-corrected chi connectivity index (χ0v) is 51.8. The van der Waals surface area contributed by atoms with Crippen molar-refractivity contribution < 1.29 is 28.6 Å². The molecule has 80 heavy (non-hydrogen) atoms. The molecule has 0 aromatic rings. The molecule has 0 aliphatic rings. The van der Waals surface area contributed by atoms with Gasteiger partial charge in [0.2, 0.25) is 0 Å². The van der Waals surface area contributed by atoms with Gasteiger partial charge in [-0.3, -0.25) is 14.4 Å². The number of carbonyl (C=O) groups is 3. The molecule has 0 saturated heterocycles. The van der Waals surface area contributed by atoms with E-state index < -0.39 is 6.10 Å². The van der Waals surface area contributed by atoms with Gasteiger partial charge >= 0.3 is 17.9 Å². The normalized spacial score (nSPS) is 13.1. The van der Waals surface area contributed by atoms with Gasteiger partial charge < -0.3 is 14.2 Å². The minimum atomic E-state index is -0.804. The van der Waals surface area contributed by atoms with E-state index in [9.17, 15) is 14.4 Å². The minimum Gasteiger partial charge on any atom is -0.462 e. The first-order valence-corrected chi connectivity index (χ1v) is 32.8. The van der Waals surface area contributed by atoms with Crippen LogP contribution in [0.5, 0.6) is 0 Å². The Hall–Kier alpha value is -4.71. The van der Waals surface area contributed by atoms with E-state index in [0.717, 1.165) is 128 Å². The fourth-order valence-corrected chi connectivity index (χ4v) is 8.74. The van der Waals surface area contributed by atoms with E-state index in [1.807, 2.05) is 0 Å². The van der Waals surface area contributed by atoms with Crippen molar-refractivity contribution in [1.82, 2.24) is 0 Å². The van der Waals surface area contributed by atoms with E-state index in [0.29, 0.717) is 19.3 Å². The number of ether oxygens (including phenoxy) is 3. The molecule has 0 bridgehead atoms. The third-order valence-electron chi connectivity index (χ3n) is 13.6. The average Bonchev–Trinajstić information content (AvgIpc) is 3.46. The molecule has 0 rings (SSSR count). The number of rotatable bonds is 58. The monoisotopic (exact) mass is 1100 g/mol. The minimum absolute atomic E-state index is 0.0975. The first-order chi connectivity index (χ1) is 39.5. The fraction of sp³-hybridized carbons (Fsp3) is 0.635. The molecule has 0 aliphatic heterocycles. The predicted molar refractivity (Wildman–Crippen MR) is 348 cm³/mol. The number of hydrogen-bond donors (Lipinski definition) is 0. The van der Waals surface area contributed by atoms with Crippen molar-refractivity contribution in [2.45, 2.75) is 290 Å². The second kappa shape index (κ2) is 66.8. The Kier molecular flexibility index (Phi) is 62.9. The van der Waals surface area contributed by atoms with Gasteiger partial charge in [0.25, 0.3) is 0 Å². The zero-order valence-electron chi connectivity index (χ0n) is 51.8. The van der Waals surface area contributed by atoms with E-state index in [-0.39, 0.29) is 37.5 Å². The molecule has 0 N–H and O–H groups in total. The lowest BCUT2D eigenvalue weighted by molar-refractivity contribution is -0.167. The van der Waals surface area contributed by atoms with Crippen molar-refractivity contribution in [3.63, 3.8) is 0 Å². The Labute approximate surface area is 493 Å². The van der Waals surface area contributed by atoms with Crippen molar-refractivity contribution in [1.29, 1.82) is 0 Å². The maximum absolute atomic E-state index is 12.9. The zero-order chi connectivity index (χ0) is 57.8. The lowest BCUT2D eigenvalue weighted by atomic mass is 10.0. The molecule has 0 aromatic heterocycles. The Morgan fingerprint density at radius 2 is 0.487 bits per heavy atom. The van der Waals surface area contributed by atoms with Crippen LogP contribution in [0.3, 0.4) is 0 Å². The van der Waals surface area contributed by atoms with Crippen LogP contribution in [-0.2, 0) is 28.6 Å². The molecule has 6 nitrogen and oxygen atoms in total. The number of allylic oxidation sites excluding steroid dienone is 24. The van der Waals surface area contributed by atoms with E-state index in [1.165, 1.54) is 109 Å². The maximum atomic E-state index is 12.9. The largest absolute Gasteiger partial charge is 0.462 e. The number of carbonyl (C=O) groups excluding carboxylic acids is 3. The SMILES string of the molecule is CC/C=C\C/C=C\C/C=C\C/C=C\C/C=C\C/C=C\CCCCCCCCCCCCCCCCC(=O)OCC(COC(=O)CCCCCCCCCC)OC(=O)CCCC/C=C\C/C=C\C/C=C\C/C=C\C/C=C\C/C=C\CC. The third-order valence-corrected chi connectivity index (χ3v) is 13.6. The summed E-state index contributed by atoms with van der Waals surface area (Å²) >= 11 is 0. The molecule has 1 atom stereocenters. The Morgan fingerprint density at radius 1 is 0.263 bits per heavy atom. The van der Waals surface area contributed by atoms with Crippen molar-refractivity contribution >= 4 is 17.9 Å². The second-order valence-corrected chi connectivity index (χ2v) is 21.3. The number of unbranched alkanes of at least 4 members (excludes halogenated alkanes) is 23. The van der Waals surface area contributed by atoms with Crippen molar-refractivity contribution in [3.8, 4) is 0 Å². The van der Waals surface area contributed by atoms with Crippen LogP contribution in [-0.4, -0.2) is 37.2 Å². The van der Waals surface area contributed by atoms with Crippen LogP contribution in [0, 0.1) is 0 Å². The van der Waals surface area contributed by atoms with Gasteiger partial charge in [-0.2, -0.15) is 0 Å². The van der Waals surface area contributed by atoms with Crippen LogP contribution in [0.25, 0.3) is 0 Å². The first-order valence-electron chi connectivity index (χ1n) is 32.8. The Morgan fingerprint density at radius 3 is 0.787 bits per heavy atom. The lowest BCUT2D eigenvalue weighted by Crippen LogP contribution is -2.30. The highest BCUT2D eigenvalue weighted by Gasteiger charge is 2.19. The second-order valence-electron chi connectivity index (χ2n) is 21.3. The van der Waals surface area contributed by atoms with Gasteiger partial charge in [-0.25, -0.2) is 0 Å². The Bertz CT molecular complexity index is 1750. The van der Waals surface area contributed by atoms with Gasteiger partial charge in [-0.05, 0) is 122 Å². The summed E-state index contributed by atoms with van der Waals surface area (Å²) < 4.78 is 16.8. The summed E-state index contributed by atoms with van der Waals surface area (Å²) in [5.74, 6) is -0.945. The smallest absolute Gasteiger partial charge is 0.306 e. The van der Waals surface area contributed by atoms with Crippen LogP contribution in [0.1, 0.15) is 284 Å². The van der Waals surface area contributed by atoms with Crippen LogP contribution in [0.15, 0.2) is 146 Å². The highest BCUT2D eigenvalue weighted by molar-refractivity contribution is 5.71. The summed E-state index contributed by atoms with van der Waals surface area (Å²) in [6, 6.07) is 0. The average molecular weight is 1110 g/mol. The van der Waals surface area contributed by atoms with Gasteiger partial charge in [-0.1, -0.05) is 289 Å². The van der Waals surface area contributed by atoms with Crippen LogP contribution in [0.4, 0.5) is 0 Å². The highest BCUT2D eigenvalue weighted by Crippen LogP contribution is 2.16. The van der Waals surface area contributed by atoms with Gasteiger partial charge in [-0.15, -0.1) is 0 Å². The van der Waals surface area contributed by atoms with Gasteiger partial charge in [0.15, 0.2) is 6.10 Å². The maximum Gasteiger partial charge on any atom is 0.306 e. The quantitative estimate of drug-likeness (QED) is 0.0261. The number of hydrogen-bond acceptors (Lipinski definition) is 6. The molecule has 0 fully saturated rings. The molecule has 0 heterocycles. The Balaban J connectivity index is 4.19.